The Labute approximate surface area is 173 Å². The molecule has 1 amide bonds. The van der Waals surface area contributed by atoms with Gasteiger partial charge >= 0.3 is 0 Å². The van der Waals surface area contributed by atoms with Crippen LogP contribution in [-0.4, -0.2) is 30.5 Å². The van der Waals surface area contributed by atoms with Crippen molar-refractivity contribution in [3.8, 4) is 0 Å². The Kier molecular flexibility index (Phi) is 6.33. The van der Waals surface area contributed by atoms with Crippen molar-refractivity contribution in [2.75, 3.05) is 6.54 Å². The summed E-state index contributed by atoms with van der Waals surface area (Å²) in [5.74, 6) is 1.22. The van der Waals surface area contributed by atoms with Crippen LogP contribution >= 0.6 is 0 Å². The average molecular weight is 393 g/mol. The first-order valence-corrected chi connectivity index (χ1v) is 11.0. The van der Waals surface area contributed by atoms with E-state index in [0.717, 1.165) is 51.0 Å². The summed E-state index contributed by atoms with van der Waals surface area (Å²) in [5.41, 5.74) is 1.20. The third-order valence-electron chi connectivity index (χ3n) is 5.89. The van der Waals surface area contributed by atoms with E-state index >= 15 is 0 Å². The lowest BCUT2D eigenvalue weighted by Crippen LogP contribution is -2.47. The molecule has 5 heteroatoms. The number of fused-ring (bicyclic) bond motifs is 1. The van der Waals surface area contributed by atoms with Crippen molar-refractivity contribution in [1.29, 1.82) is 0 Å². The molecule has 2 saturated carbocycles. The summed E-state index contributed by atoms with van der Waals surface area (Å²) < 4.78 is 0. The number of carbonyl (C=O) groups is 1. The van der Waals surface area contributed by atoms with Crippen LogP contribution in [0.3, 0.4) is 0 Å². The van der Waals surface area contributed by atoms with E-state index < -0.39 is 0 Å². The number of hydrogen-bond acceptors (Lipinski definition) is 2. The standard InChI is InChI=1S/C24H32N4O/c1-2-25-24(26-16-17-10-11-18-6-3-4-7-19(18)14-17)28-22-9-5-8-20(15-22)23(29)27-21-12-13-21/h3-4,6-7,10-11,14,20-22H,2,5,8-9,12-13,15-16H2,1H3,(H,27,29)(H2,25,26,28). The van der Waals surface area contributed by atoms with E-state index in [9.17, 15) is 4.79 Å². The fourth-order valence-corrected chi connectivity index (χ4v) is 4.13. The van der Waals surface area contributed by atoms with Gasteiger partial charge in [0.15, 0.2) is 5.96 Å². The molecule has 0 aromatic heterocycles. The van der Waals surface area contributed by atoms with Crippen LogP contribution in [0.25, 0.3) is 10.8 Å². The third kappa shape index (κ3) is 5.49. The molecule has 2 aromatic rings. The van der Waals surface area contributed by atoms with Gasteiger partial charge < -0.3 is 16.0 Å². The van der Waals surface area contributed by atoms with Gasteiger partial charge in [0, 0.05) is 24.5 Å². The first kappa shape index (κ1) is 19.7. The highest BCUT2D eigenvalue weighted by Gasteiger charge is 2.31. The lowest BCUT2D eigenvalue weighted by atomic mass is 9.85. The van der Waals surface area contributed by atoms with Crippen molar-refractivity contribution in [3.63, 3.8) is 0 Å². The third-order valence-corrected chi connectivity index (χ3v) is 5.89. The number of guanidine groups is 1. The summed E-state index contributed by atoms with van der Waals surface area (Å²) in [6.07, 6.45) is 6.36. The maximum absolute atomic E-state index is 12.4. The Balaban J connectivity index is 1.37. The van der Waals surface area contributed by atoms with Gasteiger partial charge in [-0.2, -0.15) is 0 Å². The van der Waals surface area contributed by atoms with Gasteiger partial charge in [0.25, 0.3) is 0 Å². The van der Waals surface area contributed by atoms with Gasteiger partial charge in [0.05, 0.1) is 6.54 Å². The number of nitrogens with one attached hydrogen (secondary N) is 3. The maximum atomic E-state index is 12.4. The zero-order chi connectivity index (χ0) is 20.1. The zero-order valence-corrected chi connectivity index (χ0v) is 17.3. The Bertz CT molecular complexity index is 874. The molecule has 0 radical (unpaired) electrons. The Morgan fingerprint density at radius 1 is 1.00 bits per heavy atom. The first-order chi connectivity index (χ1) is 14.2. The number of hydrogen-bond donors (Lipinski definition) is 3. The molecule has 29 heavy (non-hydrogen) atoms. The summed E-state index contributed by atoms with van der Waals surface area (Å²) in [4.78, 5) is 17.2. The Hall–Kier alpha value is -2.56. The van der Waals surface area contributed by atoms with Crippen LogP contribution in [-0.2, 0) is 11.3 Å². The molecule has 5 nitrogen and oxygen atoms in total. The molecule has 2 atom stereocenters. The zero-order valence-electron chi connectivity index (χ0n) is 17.3. The van der Waals surface area contributed by atoms with Crippen molar-refractivity contribution in [2.45, 2.75) is 64.1 Å². The molecule has 154 valence electrons. The van der Waals surface area contributed by atoms with Crippen LogP contribution in [0, 0.1) is 5.92 Å². The molecule has 2 aromatic carbocycles. The molecule has 3 N–H and O–H groups in total. The summed E-state index contributed by atoms with van der Waals surface area (Å²) in [7, 11) is 0. The number of carbonyl (C=O) groups excluding carboxylic acids is 1. The highest BCUT2D eigenvalue weighted by Crippen LogP contribution is 2.26. The topological polar surface area (TPSA) is 65.5 Å². The second-order valence-electron chi connectivity index (χ2n) is 8.36. The van der Waals surface area contributed by atoms with E-state index in [2.05, 4.69) is 65.3 Å². The van der Waals surface area contributed by atoms with Crippen LogP contribution in [0.4, 0.5) is 0 Å². The highest BCUT2D eigenvalue weighted by molar-refractivity contribution is 5.83. The predicted octanol–water partition coefficient (Wildman–Crippen LogP) is 3.73. The van der Waals surface area contributed by atoms with Gasteiger partial charge in [-0.1, -0.05) is 42.8 Å². The molecular weight excluding hydrogens is 360 g/mol. The van der Waals surface area contributed by atoms with Gasteiger partial charge in [0.2, 0.25) is 5.91 Å². The van der Waals surface area contributed by atoms with Crippen LogP contribution < -0.4 is 16.0 Å². The molecule has 0 saturated heterocycles. The summed E-state index contributed by atoms with van der Waals surface area (Å²) >= 11 is 0. The quantitative estimate of drug-likeness (QED) is 0.518. The second kappa shape index (κ2) is 9.29. The van der Waals surface area contributed by atoms with E-state index in [1.54, 1.807) is 0 Å². The van der Waals surface area contributed by atoms with Crippen molar-refractivity contribution in [2.24, 2.45) is 10.9 Å². The number of aliphatic imine (C=N–C) groups is 1. The van der Waals surface area contributed by atoms with Gasteiger partial charge in [-0.3, -0.25) is 4.79 Å². The molecule has 0 aliphatic heterocycles. The summed E-state index contributed by atoms with van der Waals surface area (Å²) in [6, 6.07) is 15.7. The molecule has 2 unspecified atom stereocenters. The highest BCUT2D eigenvalue weighted by atomic mass is 16.2. The smallest absolute Gasteiger partial charge is 0.223 e. The fourth-order valence-electron chi connectivity index (χ4n) is 4.13. The average Bonchev–Trinajstić information content (AvgIpc) is 3.56. The van der Waals surface area contributed by atoms with E-state index in [-0.39, 0.29) is 11.8 Å². The number of nitrogens with zero attached hydrogens (tertiary/aromatic N) is 1. The molecule has 2 aliphatic rings. The maximum Gasteiger partial charge on any atom is 0.223 e. The van der Waals surface area contributed by atoms with Gasteiger partial charge in [-0.05, 0) is 61.4 Å². The van der Waals surface area contributed by atoms with Crippen molar-refractivity contribution in [1.82, 2.24) is 16.0 Å². The van der Waals surface area contributed by atoms with Gasteiger partial charge in [-0.15, -0.1) is 0 Å². The lowest BCUT2D eigenvalue weighted by molar-refractivity contribution is -0.126. The Morgan fingerprint density at radius 2 is 1.83 bits per heavy atom. The van der Waals surface area contributed by atoms with Crippen LogP contribution in [0.5, 0.6) is 0 Å². The molecule has 0 spiro atoms. The molecule has 2 fully saturated rings. The summed E-state index contributed by atoms with van der Waals surface area (Å²) in [5, 5.41) is 12.6. The van der Waals surface area contributed by atoms with Crippen molar-refractivity contribution >= 4 is 22.6 Å². The number of amides is 1. The normalized spacial score (nSPS) is 22.3. The lowest BCUT2D eigenvalue weighted by Gasteiger charge is -2.30. The minimum absolute atomic E-state index is 0.130. The van der Waals surface area contributed by atoms with Gasteiger partial charge in [0.1, 0.15) is 0 Å². The molecule has 4 rings (SSSR count). The van der Waals surface area contributed by atoms with Crippen LogP contribution in [0.2, 0.25) is 0 Å². The van der Waals surface area contributed by atoms with E-state index in [4.69, 9.17) is 4.99 Å². The molecule has 0 heterocycles. The minimum atomic E-state index is 0.130. The van der Waals surface area contributed by atoms with Crippen LogP contribution in [0.1, 0.15) is 51.0 Å². The van der Waals surface area contributed by atoms with E-state index in [1.807, 2.05) is 0 Å². The number of rotatable bonds is 6. The molecule has 0 bridgehead atoms. The number of benzene rings is 2. The monoisotopic (exact) mass is 392 g/mol. The van der Waals surface area contributed by atoms with Crippen molar-refractivity contribution < 1.29 is 4.79 Å². The Morgan fingerprint density at radius 3 is 2.62 bits per heavy atom. The molecular formula is C24H32N4O. The van der Waals surface area contributed by atoms with Gasteiger partial charge in [-0.25, -0.2) is 4.99 Å². The molecule has 2 aliphatic carbocycles. The van der Waals surface area contributed by atoms with E-state index in [1.165, 1.54) is 16.3 Å². The minimum Gasteiger partial charge on any atom is -0.357 e. The van der Waals surface area contributed by atoms with Crippen molar-refractivity contribution in [3.05, 3.63) is 48.0 Å². The second-order valence-corrected chi connectivity index (χ2v) is 8.36. The summed E-state index contributed by atoms with van der Waals surface area (Å²) in [6.45, 7) is 3.54. The fraction of sp³-hybridized carbons (Fsp3) is 0.500. The predicted molar refractivity (Wildman–Crippen MR) is 119 cm³/mol. The van der Waals surface area contributed by atoms with Crippen LogP contribution in [0.15, 0.2) is 47.5 Å². The first-order valence-electron chi connectivity index (χ1n) is 11.0. The largest absolute Gasteiger partial charge is 0.357 e. The SMILES string of the molecule is CCNC(=NCc1ccc2ccccc2c1)NC1CCCC(C(=O)NC2CC2)C1. The van der Waals surface area contributed by atoms with E-state index in [0.29, 0.717) is 18.6 Å².